The minimum Gasteiger partial charge on any atom is -0.353 e. The molecule has 0 aliphatic carbocycles. The van der Waals surface area contributed by atoms with Gasteiger partial charge in [0, 0.05) is 37.6 Å². The van der Waals surface area contributed by atoms with Crippen molar-refractivity contribution >= 4 is 17.5 Å². The van der Waals surface area contributed by atoms with E-state index < -0.39 is 0 Å². The Morgan fingerprint density at radius 1 is 1.25 bits per heavy atom. The van der Waals surface area contributed by atoms with E-state index in [4.69, 9.17) is 0 Å². The van der Waals surface area contributed by atoms with Crippen molar-refractivity contribution in [3.05, 3.63) is 24.7 Å². The molecule has 2 unspecified atom stereocenters. The van der Waals surface area contributed by atoms with Gasteiger partial charge >= 0.3 is 0 Å². The van der Waals surface area contributed by atoms with Crippen LogP contribution in [0.4, 0.5) is 17.5 Å². The number of aromatic amines is 1. The van der Waals surface area contributed by atoms with Crippen LogP contribution < -0.4 is 15.5 Å². The first kappa shape index (κ1) is 11.7. The van der Waals surface area contributed by atoms with E-state index in [0.717, 1.165) is 24.6 Å². The number of rotatable bonds is 3. The number of hydrogen-bond acceptors (Lipinski definition) is 6. The van der Waals surface area contributed by atoms with Crippen LogP contribution in [0.25, 0.3) is 0 Å². The molecule has 3 N–H and O–H groups in total. The molecule has 2 aromatic heterocycles. The van der Waals surface area contributed by atoms with Gasteiger partial charge in [0.25, 0.3) is 0 Å². The van der Waals surface area contributed by atoms with Crippen molar-refractivity contribution in [1.82, 2.24) is 25.5 Å². The predicted octanol–water partition coefficient (Wildman–Crippen LogP) is 0.884. The Hall–Kier alpha value is -2.15. The van der Waals surface area contributed by atoms with Crippen LogP contribution in [0, 0.1) is 0 Å². The quantitative estimate of drug-likeness (QED) is 0.769. The van der Waals surface area contributed by atoms with E-state index in [-0.39, 0.29) is 0 Å². The van der Waals surface area contributed by atoms with Gasteiger partial charge in [0.05, 0.1) is 11.9 Å². The number of fused-ring (bicyclic) bond motifs is 2. The molecule has 7 heteroatoms. The summed E-state index contributed by atoms with van der Waals surface area (Å²) in [6.07, 6.45) is 7.83. The highest BCUT2D eigenvalue weighted by Gasteiger charge is 2.32. The Kier molecular flexibility index (Phi) is 2.77. The number of nitrogens with one attached hydrogen (secondary N) is 3. The molecule has 20 heavy (non-hydrogen) atoms. The van der Waals surface area contributed by atoms with Crippen molar-refractivity contribution < 1.29 is 0 Å². The van der Waals surface area contributed by atoms with Crippen molar-refractivity contribution in [3.63, 3.8) is 0 Å². The molecular weight excluding hydrogens is 254 g/mol. The lowest BCUT2D eigenvalue weighted by Gasteiger charge is -2.33. The Labute approximate surface area is 116 Å². The molecule has 0 aromatic carbocycles. The average Bonchev–Trinajstić information content (AvgIpc) is 3.09. The van der Waals surface area contributed by atoms with Gasteiger partial charge < -0.3 is 15.5 Å². The molecule has 4 heterocycles. The Morgan fingerprint density at radius 2 is 2.10 bits per heavy atom. The fraction of sp³-hybridized carbons (Fsp3) is 0.462. The summed E-state index contributed by atoms with van der Waals surface area (Å²) in [5, 5.41) is 13.4. The summed E-state index contributed by atoms with van der Waals surface area (Å²) in [5.41, 5.74) is 0.863. The summed E-state index contributed by atoms with van der Waals surface area (Å²) in [4.78, 5) is 11.2. The molecular formula is C13H17N7. The summed E-state index contributed by atoms with van der Waals surface area (Å²) < 4.78 is 0. The molecule has 4 rings (SSSR count). The molecule has 2 saturated heterocycles. The minimum atomic E-state index is 0.606. The lowest BCUT2D eigenvalue weighted by molar-refractivity contribution is 0.463. The van der Waals surface area contributed by atoms with Crippen LogP contribution in [0.15, 0.2) is 24.7 Å². The minimum absolute atomic E-state index is 0.606. The third-order valence-electron chi connectivity index (χ3n) is 3.94. The highest BCUT2D eigenvalue weighted by Crippen LogP contribution is 2.24. The lowest BCUT2D eigenvalue weighted by atomic mass is 10.2. The molecule has 0 saturated carbocycles. The number of nitrogens with zero attached hydrogens (tertiary/aromatic N) is 4. The number of aromatic nitrogens is 4. The molecule has 2 fully saturated rings. The molecule has 0 radical (unpaired) electrons. The largest absolute Gasteiger partial charge is 0.353 e. The van der Waals surface area contributed by atoms with Gasteiger partial charge in [-0.05, 0) is 18.9 Å². The average molecular weight is 271 g/mol. The van der Waals surface area contributed by atoms with E-state index >= 15 is 0 Å². The molecule has 2 aliphatic rings. The zero-order valence-electron chi connectivity index (χ0n) is 11.1. The van der Waals surface area contributed by atoms with Crippen LogP contribution in [-0.2, 0) is 0 Å². The predicted molar refractivity (Wildman–Crippen MR) is 76.1 cm³/mol. The van der Waals surface area contributed by atoms with E-state index in [1.54, 1.807) is 18.6 Å². The van der Waals surface area contributed by atoms with E-state index in [2.05, 4.69) is 35.7 Å². The van der Waals surface area contributed by atoms with E-state index in [1.165, 1.54) is 12.8 Å². The Bertz CT molecular complexity index is 570. The van der Waals surface area contributed by atoms with Crippen LogP contribution in [0.5, 0.6) is 0 Å². The summed E-state index contributed by atoms with van der Waals surface area (Å²) in [5.74, 6) is 1.60. The van der Waals surface area contributed by atoms with Crippen LogP contribution in [0.1, 0.15) is 12.8 Å². The van der Waals surface area contributed by atoms with E-state index in [9.17, 15) is 0 Å². The standard InChI is InChI=1S/C13H17N7/c1-2-10-8-20(7-9(1)17-10)12-3-4-14-13(19-12)18-11-5-15-16-6-11/h3-6,9-10,17H,1-2,7-8H2,(H,15,16)(H,14,18,19). The van der Waals surface area contributed by atoms with Gasteiger partial charge in [-0.3, -0.25) is 5.10 Å². The van der Waals surface area contributed by atoms with Gasteiger partial charge in [0.1, 0.15) is 5.82 Å². The molecule has 104 valence electrons. The zero-order valence-corrected chi connectivity index (χ0v) is 11.1. The molecule has 0 amide bonds. The van der Waals surface area contributed by atoms with E-state index in [1.807, 2.05) is 6.07 Å². The third-order valence-corrected chi connectivity index (χ3v) is 3.94. The van der Waals surface area contributed by atoms with Gasteiger partial charge in [-0.1, -0.05) is 0 Å². The SMILES string of the molecule is c1cc(N2CC3CCC(C2)N3)nc(Nc2cn[nH]c2)n1. The summed E-state index contributed by atoms with van der Waals surface area (Å²) in [6, 6.07) is 3.19. The fourth-order valence-electron chi connectivity index (χ4n) is 3.02. The van der Waals surface area contributed by atoms with E-state index in [0.29, 0.717) is 18.0 Å². The first-order chi connectivity index (χ1) is 9.87. The summed E-state index contributed by atoms with van der Waals surface area (Å²) >= 11 is 0. The topological polar surface area (TPSA) is 81.8 Å². The first-order valence-corrected chi connectivity index (χ1v) is 6.97. The third kappa shape index (κ3) is 2.20. The number of anilines is 3. The Morgan fingerprint density at radius 3 is 2.85 bits per heavy atom. The van der Waals surface area contributed by atoms with Crippen LogP contribution in [0.2, 0.25) is 0 Å². The summed E-state index contributed by atoms with van der Waals surface area (Å²) in [6.45, 7) is 2.05. The molecule has 2 atom stereocenters. The molecule has 2 bridgehead atoms. The summed E-state index contributed by atoms with van der Waals surface area (Å²) in [7, 11) is 0. The van der Waals surface area contributed by atoms with Gasteiger partial charge in [-0.2, -0.15) is 10.1 Å². The lowest BCUT2D eigenvalue weighted by Crippen LogP contribution is -2.51. The normalized spacial score (nSPS) is 24.9. The van der Waals surface area contributed by atoms with Gasteiger partial charge in [-0.25, -0.2) is 4.98 Å². The van der Waals surface area contributed by atoms with Crippen LogP contribution >= 0.6 is 0 Å². The van der Waals surface area contributed by atoms with Crippen molar-refractivity contribution in [1.29, 1.82) is 0 Å². The second-order valence-corrected chi connectivity index (χ2v) is 5.39. The van der Waals surface area contributed by atoms with Gasteiger partial charge in [0.2, 0.25) is 5.95 Å². The first-order valence-electron chi connectivity index (χ1n) is 6.97. The Balaban J connectivity index is 1.53. The maximum atomic E-state index is 4.60. The second-order valence-electron chi connectivity index (χ2n) is 5.39. The van der Waals surface area contributed by atoms with Crippen LogP contribution in [-0.4, -0.2) is 45.3 Å². The molecule has 0 spiro atoms. The highest BCUT2D eigenvalue weighted by atomic mass is 15.3. The smallest absolute Gasteiger partial charge is 0.229 e. The maximum Gasteiger partial charge on any atom is 0.229 e. The van der Waals surface area contributed by atoms with Crippen molar-refractivity contribution in [2.75, 3.05) is 23.3 Å². The molecule has 2 aliphatic heterocycles. The van der Waals surface area contributed by atoms with Crippen LogP contribution in [0.3, 0.4) is 0 Å². The second kappa shape index (κ2) is 4.75. The number of piperazine rings is 1. The molecule has 7 nitrogen and oxygen atoms in total. The van der Waals surface area contributed by atoms with Gasteiger partial charge in [-0.15, -0.1) is 0 Å². The number of H-pyrrole nitrogens is 1. The zero-order chi connectivity index (χ0) is 13.4. The number of hydrogen-bond donors (Lipinski definition) is 3. The van der Waals surface area contributed by atoms with Crippen molar-refractivity contribution in [3.8, 4) is 0 Å². The fourth-order valence-corrected chi connectivity index (χ4v) is 3.02. The molecule has 2 aromatic rings. The van der Waals surface area contributed by atoms with Gasteiger partial charge in [0.15, 0.2) is 0 Å². The van der Waals surface area contributed by atoms with Crippen molar-refractivity contribution in [2.45, 2.75) is 24.9 Å². The monoisotopic (exact) mass is 271 g/mol. The highest BCUT2D eigenvalue weighted by molar-refractivity contribution is 5.53. The maximum absolute atomic E-state index is 4.60. The van der Waals surface area contributed by atoms with Crippen molar-refractivity contribution in [2.24, 2.45) is 0 Å².